The topological polar surface area (TPSA) is 133 Å². The number of halogens is 3. The molecule has 4 amide bonds. The summed E-state index contributed by atoms with van der Waals surface area (Å²) in [5.41, 5.74) is 5.11. The Balaban J connectivity index is 1.08. The molecule has 58 heavy (non-hydrogen) atoms. The van der Waals surface area contributed by atoms with Crippen molar-refractivity contribution in [2.75, 3.05) is 10.3 Å². The monoisotopic (exact) mass is 796 g/mol. The quantitative estimate of drug-likeness (QED) is 0.127. The number of oxazole rings is 1. The molecule has 1 aromatic heterocycles. The summed E-state index contributed by atoms with van der Waals surface area (Å²) >= 11 is 6.34. The maximum atomic E-state index is 15.4. The Kier molecular flexibility index (Phi) is 8.13. The highest BCUT2D eigenvalue weighted by Gasteiger charge is 2.70. The lowest BCUT2D eigenvalue weighted by atomic mass is 9.49. The highest BCUT2D eigenvalue weighted by atomic mass is 35.5. The second kappa shape index (κ2) is 13.2. The van der Waals surface area contributed by atoms with Crippen molar-refractivity contribution in [3.05, 3.63) is 155 Å². The third kappa shape index (κ3) is 5.24. The molecule has 2 aliphatic heterocycles. The highest BCUT2D eigenvalue weighted by molar-refractivity contribution is 6.30. The van der Waals surface area contributed by atoms with Gasteiger partial charge >= 0.3 is 0 Å². The molecule has 0 radical (unpaired) electrons. The molecule has 6 atom stereocenters. The van der Waals surface area contributed by atoms with Crippen LogP contribution in [0, 0.1) is 35.3 Å². The highest BCUT2D eigenvalue weighted by Crippen LogP contribution is 2.64. The zero-order valence-electron chi connectivity index (χ0n) is 30.3. The molecular formula is C45H31ClF2N4O6. The molecule has 3 fully saturated rings. The van der Waals surface area contributed by atoms with Crippen LogP contribution in [0.4, 0.5) is 20.2 Å². The third-order valence-corrected chi connectivity index (χ3v) is 12.5. The molecule has 288 valence electrons. The normalized spacial score (nSPS) is 25.2. The molecule has 2 aliphatic carbocycles. The SMILES string of the molecule is O=C1C2CC3C(=CCC4C(=O)N(c5ccc(-c6nc7ccccc7o6)cc5)C(=O)C43)C(c3ccc(O)c(F)c3)C2(c2ccc(Cl)cc2)C(=O)N1Nc1ccc(F)cc1. The number of rotatable bonds is 6. The van der Waals surface area contributed by atoms with E-state index in [0.29, 0.717) is 44.4 Å². The van der Waals surface area contributed by atoms with Crippen molar-refractivity contribution in [3.63, 3.8) is 0 Å². The Morgan fingerprint density at radius 1 is 0.828 bits per heavy atom. The van der Waals surface area contributed by atoms with E-state index < -0.39 is 76.0 Å². The molecule has 1 saturated carbocycles. The van der Waals surface area contributed by atoms with E-state index in [0.717, 1.165) is 11.1 Å². The summed E-state index contributed by atoms with van der Waals surface area (Å²) in [5.74, 6) is -8.31. The van der Waals surface area contributed by atoms with Crippen LogP contribution in [0.15, 0.2) is 131 Å². The van der Waals surface area contributed by atoms with Crippen molar-refractivity contribution in [2.45, 2.75) is 24.2 Å². The number of aromatic nitrogens is 1. The van der Waals surface area contributed by atoms with Crippen LogP contribution >= 0.6 is 11.6 Å². The summed E-state index contributed by atoms with van der Waals surface area (Å²) in [6, 6.07) is 29.7. The van der Waals surface area contributed by atoms with E-state index in [4.69, 9.17) is 16.0 Å². The Morgan fingerprint density at radius 3 is 2.29 bits per heavy atom. The maximum absolute atomic E-state index is 15.4. The number of imide groups is 2. The number of fused-ring (bicyclic) bond motifs is 5. The van der Waals surface area contributed by atoms with Crippen LogP contribution in [0.3, 0.4) is 0 Å². The zero-order valence-corrected chi connectivity index (χ0v) is 31.1. The first-order valence-electron chi connectivity index (χ1n) is 18.7. The standard InChI is InChI=1S/C45H31ClF2N4O6/c46-26-10-8-25(9-11-26)45-33(42(55)52(44(45)57)50-28-14-12-27(47)13-15-28)22-32-30(39(45)24-7-20-36(53)34(48)21-24)18-19-31-38(32)43(56)51(41(31)54)29-16-5-23(6-17-29)40-49-35-3-1-2-4-37(35)58-40/h1-18,20-21,31-33,38-39,50,53H,19,22H2. The summed E-state index contributed by atoms with van der Waals surface area (Å²) < 4.78 is 35.2. The van der Waals surface area contributed by atoms with Gasteiger partial charge in [0.1, 0.15) is 11.3 Å². The number of carbonyl (C=O) groups is 4. The van der Waals surface area contributed by atoms with Crippen LogP contribution in [0.1, 0.15) is 29.9 Å². The van der Waals surface area contributed by atoms with Gasteiger partial charge in [-0.3, -0.25) is 29.5 Å². The van der Waals surface area contributed by atoms with Gasteiger partial charge in [-0.05, 0) is 115 Å². The molecule has 10 rings (SSSR count). The van der Waals surface area contributed by atoms with E-state index in [1.165, 1.54) is 41.3 Å². The van der Waals surface area contributed by atoms with E-state index in [1.807, 2.05) is 30.3 Å². The van der Waals surface area contributed by atoms with E-state index in [2.05, 4.69) is 10.4 Å². The fraction of sp³-hybridized carbons (Fsp3) is 0.178. The number of nitrogens with zero attached hydrogens (tertiary/aromatic N) is 3. The Labute approximate surface area is 334 Å². The van der Waals surface area contributed by atoms with Crippen LogP contribution in [0.2, 0.25) is 5.02 Å². The number of anilines is 2. The van der Waals surface area contributed by atoms with E-state index >= 15 is 9.18 Å². The Bertz CT molecular complexity index is 2700. The predicted octanol–water partition coefficient (Wildman–Crippen LogP) is 8.32. The second-order valence-electron chi connectivity index (χ2n) is 15.1. The van der Waals surface area contributed by atoms with Gasteiger partial charge in [0.2, 0.25) is 17.7 Å². The smallest absolute Gasteiger partial charge is 0.260 e. The lowest BCUT2D eigenvalue weighted by Crippen LogP contribution is -2.53. The molecule has 2 N–H and O–H groups in total. The van der Waals surface area contributed by atoms with Crippen LogP contribution in [-0.2, 0) is 24.6 Å². The first kappa shape index (κ1) is 35.7. The minimum Gasteiger partial charge on any atom is -0.505 e. The summed E-state index contributed by atoms with van der Waals surface area (Å²) in [6.07, 6.45) is 2.01. The fourth-order valence-corrected chi connectivity index (χ4v) is 9.86. The molecule has 0 spiro atoms. The summed E-state index contributed by atoms with van der Waals surface area (Å²) in [6.45, 7) is 0. The van der Waals surface area contributed by atoms with E-state index in [1.54, 1.807) is 48.5 Å². The number of phenolic OH excluding ortho intramolecular Hbond substituents is 1. The number of carbonyl (C=O) groups excluding carboxylic acids is 4. The van der Waals surface area contributed by atoms with Crippen molar-refractivity contribution in [2.24, 2.45) is 23.7 Å². The average molecular weight is 797 g/mol. The number of phenols is 1. The molecule has 6 unspecified atom stereocenters. The summed E-state index contributed by atoms with van der Waals surface area (Å²) in [7, 11) is 0. The lowest BCUT2D eigenvalue weighted by Gasteiger charge is -2.50. The average Bonchev–Trinajstić information content (AvgIpc) is 3.84. The van der Waals surface area contributed by atoms with Crippen LogP contribution in [0.5, 0.6) is 5.75 Å². The van der Waals surface area contributed by atoms with Crippen molar-refractivity contribution < 1.29 is 37.5 Å². The number of nitrogens with one attached hydrogen (secondary N) is 1. The number of benzene rings is 5. The van der Waals surface area contributed by atoms with Gasteiger partial charge in [-0.25, -0.2) is 13.8 Å². The van der Waals surface area contributed by atoms with Crippen LogP contribution < -0.4 is 10.3 Å². The van der Waals surface area contributed by atoms with Gasteiger partial charge in [0.25, 0.3) is 11.8 Å². The minimum absolute atomic E-state index is 0.00236. The fourth-order valence-electron chi connectivity index (χ4n) is 9.74. The van der Waals surface area contributed by atoms with E-state index in [-0.39, 0.29) is 24.1 Å². The number of amides is 4. The Hall–Kier alpha value is -6.66. The van der Waals surface area contributed by atoms with Crippen LogP contribution in [-0.4, -0.2) is 38.7 Å². The molecule has 6 aromatic rings. The first-order valence-corrected chi connectivity index (χ1v) is 19.1. The number of aromatic hydroxyl groups is 1. The van der Waals surface area contributed by atoms with Gasteiger partial charge in [0.05, 0.1) is 34.5 Å². The van der Waals surface area contributed by atoms with Gasteiger partial charge in [-0.2, -0.15) is 5.01 Å². The molecule has 4 aliphatic rings. The molecule has 2 saturated heterocycles. The molecule has 13 heteroatoms. The van der Waals surface area contributed by atoms with Gasteiger partial charge in [0.15, 0.2) is 17.1 Å². The molecular weight excluding hydrogens is 766 g/mol. The summed E-state index contributed by atoms with van der Waals surface area (Å²) in [5, 5.41) is 11.6. The number of hydrazine groups is 1. The molecule has 10 nitrogen and oxygen atoms in total. The van der Waals surface area contributed by atoms with Crippen molar-refractivity contribution >= 4 is 57.7 Å². The predicted molar refractivity (Wildman–Crippen MR) is 209 cm³/mol. The largest absolute Gasteiger partial charge is 0.505 e. The number of hydrogen-bond acceptors (Lipinski definition) is 8. The number of hydrogen-bond donors (Lipinski definition) is 2. The molecule has 3 heterocycles. The summed E-state index contributed by atoms with van der Waals surface area (Å²) in [4.78, 5) is 64.7. The maximum Gasteiger partial charge on any atom is 0.260 e. The van der Waals surface area contributed by atoms with Gasteiger partial charge in [0, 0.05) is 16.5 Å². The zero-order chi connectivity index (χ0) is 40.0. The van der Waals surface area contributed by atoms with Gasteiger partial charge < -0.3 is 9.52 Å². The van der Waals surface area contributed by atoms with Gasteiger partial charge in [-0.1, -0.05) is 53.6 Å². The third-order valence-electron chi connectivity index (χ3n) is 12.2. The van der Waals surface area contributed by atoms with E-state index in [9.17, 15) is 23.9 Å². The van der Waals surface area contributed by atoms with Crippen molar-refractivity contribution in [3.8, 4) is 17.2 Å². The molecule has 0 bridgehead atoms. The number of allylic oxidation sites excluding steroid dienone is 2. The number of para-hydroxylation sites is 2. The minimum atomic E-state index is -1.70. The Morgan fingerprint density at radius 2 is 1.57 bits per heavy atom. The van der Waals surface area contributed by atoms with Crippen molar-refractivity contribution in [1.82, 2.24) is 9.99 Å². The second-order valence-corrected chi connectivity index (χ2v) is 15.6. The van der Waals surface area contributed by atoms with Crippen molar-refractivity contribution in [1.29, 1.82) is 0 Å². The van der Waals surface area contributed by atoms with Crippen LogP contribution in [0.25, 0.3) is 22.6 Å². The lowest BCUT2D eigenvalue weighted by molar-refractivity contribution is -0.138. The van der Waals surface area contributed by atoms with Gasteiger partial charge in [-0.15, -0.1) is 0 Å². The first-order chi connectivity index (χ1) is 28.0. The molecule has 5 aromatic carbocycles.